The highest BCUT2D eigenvalue weighted by Gasteiger charge is 2.31. The lowest BCUT2D eigenvalue weighted by Crippen LogP contribution is -2.36. The minimum absolute atomic E-state index is 0.0229. The molecule has 0 atom stereocenters. The number of hydrogen-bond acceptors (Lipinski definition) is 4. The van der Waals surface area contributed by atoms with Gasteiger partial charge in [0.1, 0.15) is 5.75 Å². The minimum Gasteiger partial charge on any atom is -0.507 e. The van der Waals surface area contributed by atoms with E-state index in [9.17, 15) is 13.5 Å². The molecule has 0 radical (unpaired) electrons. The molecule has 0 unspecified atom stereocenters. The number of nitrogens with one attached hydrogen (secondary N) is 1. The Labute approximate surface area is 106 Å². The fraction of sp³-hybridized carbons (Fsp3) is 0.385. The predicted molar refractivity (Wildman–Crippen MR) is 68.9 cm³/mol. The molecule has 0 spiro atoms. The molecule has 0 amide bonds. The normalized spacial score (nSPS) is 21.2. The first-order chi connectivity index (χ1) is 8.59. The number of rotatable bonds is 3. The molecule has 0 bridgehead atoms. The van der Waals surface area contributed by atoms with Crippen molar-refractivity contribution in [3.63, 3.8) is 0 Å². The number of phenolic OH excluding ortho intramolecular Hbond substituents is 1. The van der Waals surface area contributed by atoms with Gasteiger partial charge < -0.3 is 10.4 Å². The molecule has 1 aromatic carbocycles. The Balaban J connectivity index is 1.88. The molecule has 1 saturated carbocycles. The van der Waals surface area contributed by atoms with E-state index >= 15 is 0 Å². The largest absolute Gasteiger partial charge is 0.507 e. The van der Waals surface area contributed by atoms with Gasteiger partial charge in [0.15, 0.2) is 0 Å². The van der Waals surface area contributed by atoms with Crippen molar-refractivity contribution in [2.75, 3.05) is 6.54 Å². The van der Waals surface area contributed by atoms with Crippen molar-refractivity contribution in [1.82, 2.24) is 5.32 Å². The topological polar surface area (TPSA) is 66.4 Å². The molecule has 4 nitrogen and oxygen atoms in total. The molecular weight excluding hydrogens is 250 g/mol. The van der Waals surface area contributed by atoms with Crippen LogP contribution in [0.15, 0.2) is 28.0 Å². The Hall–Kier alpha value is -1.33. The highest BCUT2D eigenvalue weighted by molar-refractivity contribution is 7.95. The van der Waals surface area contributed by atoms with Gasteiger partial charge in [0.2, 0.25) is 9.84 Å². The summed E-state index contributed by atoms with van der Waals surface area (Å²) in [4.78, 5) is 0.568. The van der Waals surface area contributed by atoms with Crippen LogP contribution in [0.25, 0.3) is 6.08 Å². The summed E-state index contributed by atoms with van der Waals surface area (Å²) in [5.74, 6) is 0.0229. The van der Waals surface area contributed by atoms with E-state index in [1.807, 2.05) is 0 Å². The van der Waals surface area contributed by atoms with E-state index in [4.69, 9.17) is 0 Å². The Bertz CT molecular complexity index is 615. The van der Waals surface area contributed by atoms with Crippen LogP contribution in [0.1, 0.15) is 24.8 Å². The SMILES string of the molecule is O=S1(=O)C(CNC2CCC2)=Cc2c(O)cccc21. The summed E-state index contributed by atoms with van der Waals surface area (Å²) in [6, 6.07) is 5.05. The van der Waals surface area contributed by atoms with Gasteiger partial charge in [-0.15, -0.1) is 0 Å². The maximum atomic E-state index is 12.2. The molecule has 3 rings (SSSR count). The summed E-state index contributed by atoms with van der Waals surface area (Å²) in [5, 5.41) is 12.9. The summed E-state index contributed by atoms with van der Waals surface area (Å²) in [6.45, 7) is 0.348. The van der Waals surface area contributed by atoms with Crippen LogP contribution in [0.2, 0.25) is 0 Å². The minimum atomic E-state index is -3.41. The van der Waals surface area contributed by atoms with Gasteiger partial charge in [0, 0.05) is 18.2 Å². The van der Waals surface area contributed by atoms with E-state index < -0.39 is 9.84 Å². The first kappa shape index (κ1) is 11.7. The van der Waals surface area contributed by atoms with Crippen LogP contribution in [-0.2, 0) is 9.84 Å². The molecule has 1 fully saturated rings. The molecule has 1 aromatic rings. The van der Waals surface area contributed by atoms with Crippen LogP contribution < -0.4 is 5.32 Å². The number of hydrogen-bond donors (Lipinski definition) is 2. The van der Waals surface area contributed by atoms with Gasteiger partial charge in [-0.05, 0) is 31.1 Å². The molecule has 5 heteroatoms. The second-order valence-corrected chi connectivity index (χ2v) is 6.78. The average Bonchev–Trinajstić information content (AvgIpc) is 2.51. The lowest BCUT2D eigenvalue weighted by atomic mass is 9.93. The van der Waals surface area contributed by atoms with Crippen molar-refractivity contribution < 1.29 is 13.5 Å². The van der Waals surface area contributed by atoms with Crippen LogP contribution in [0.3, 0.4) is 0 Å². The van der Waals surface area contributed by atoms with Crippen LogP contribution in [-0.4, -0.2) is 26.1 Å². The molecular formula is C13H15NO3S. The smallest absolute Gasteiger partial charge is 0.204 e. The quantitative estimate of drug-likeness (QED) is 0.872. The zero-order chi connectivity index (χ0) is 12.8. The van der Waals surface area contributed by atoms with Crippen molar-refractivity contribution in [2.24, 2.45) is 0 Å². The standard InChI is InChI=1S/C13H15NO3S/c15-12-5-2-6-13-11(12)7-10(18(13,16)17)8-14-9-3-1-4-9/h2,5-7,9,14-15H,1,3-4,8H2. The van der Waals surface area contributed by atoms with E-state index in [0.29, 0.717) is 23.1 Å². The third kappa shape index (κ3) is 1.74. The van der Waals surface area contributed by atoms with Crippen LogP contribution in [0.5, 0.6) is 5.75 Å². The molecule has 2 aliphatic rings. The van der Waals surface area contributed by atoms with Gasteiger partial charge in [0.05, 0.1) is 9.80 Å². The Morgan fingerprint density at radius 1 is 1.33 bits per heavy atom. The Kier molecular flexibility index (Phi) is 2.68. The molecule has 1 heterocycles. The van der Waals surface area contributed by atoms with E-state index in [0.717, 1.165) is 12.8 Å². The summed E-state index contributed by atoms with van der Waals surface area (Å²) in [7, 11) is -3.41. The highest BCUT2D eigenvalue weighted by Crippen LogP contribution is 2.37. The number of phenols is 1. The monoisotopic (exact) mass is 265 g/mol. The second kappa shape index (κ2) is 4.10. The zero-order valence-corrected chi connectivity index (χ0v) is 10.7. The number of aromatic hydroxyl groups is 1. The van der Waals surface area contributed by atoms with Crippen LogP contribution >= 0.6 is 0 Å². The van der Waals surface area contributed by atoms with Gasteiger partial charge in [0.25, 0.3) is 0 Å². The number of benzene rings is 1. The summed E-state index contributed by atoms with van der Waals surface area (Å²) >= 11 is 0. The Morgan fingerprint density at radius 3 is 2.72 bits per heavy atom. The molecule has 18 heavy (non-hydrogen) atoms. The van der Waals surface area contributed by atoms with Gasteiger partial charge in [-0.3, -0.25) is 0 Å². The summed E-state index contributed by atoms with van der Waals surface area (Å²) in [6.07, 6.45) is 5.02. The summed E-state index contributed by atoms with van der Waals surface area (Å²) < 4.78 is 24.5. The fourth-order valence-corrected chi connectivity index (χ4v) is 3.83. The lowest BCUT2D eigenvalue weighted by Gasteiger charge is -2.26. The number of fused-ring (bicyclic) bond motifs is 1. The van der Waals surface area contributed by atoms with Gasteiger partial charge in [-0.2, -0.15) is 0 Å². The third-order valence-electron chi connectivity index (χ3n) is 3.65. The van der Waals surface area contributed by atoms with E-state index in [2.05, 4.69) is 5.32 Å². The first-order valence-corrected chi connectivity index (χ1v) is 7.58. The van der Waals surface area contributed by atoms with Gasteiger partial charge in [-0.25, -0.2) is 8.42 Å². The Morgan fingerprint density at radius 2 is 2.11 bits per heavy atom. The molecule has 1 aliphatic carbocycles. The maximum absolute atomic E-state index is 12.2. The van der Waals surface area contributed by atoms with Crippen molar-refractivity contribution in [3.8, 4) is 5.75 Å². The summed E-state index contributed by atoms with van der Waals surface area (Å²) in [5.41, 5.74) is 0.419. The van der Waals surface area contributed by atoms with Crippen molar-refractivity contribution in [3.05, 3.63) is 28.7 Å². The molecule has 1 aliphatic heterocycles. The maximum Gasteiger partial charge on any atom is 0.204 e. The molecule has 2 N–H and O–H groups in total. The van der Waals surface area contributed by atoms with E-state index in [-0.39, 0.29) is 10.6 Å². The highest BCUT2D eigenvalue weighted by atomic mass is 32.2. The lowest BCUT2D eigenvalue weighted by molar-refractivity contribution is 0.351. The van der Waals surface area contributed by atoms with Gasteiger partial charge >= 0.3 is 0 Å². The van der Waals surface area contributed by atoms with Crippen molar-refractivity contribution >= 4 is 15.9 Å². The van der Waals surface area contributed by atoms with Crippen molar-refractivity contribution in [2.45, 2.75) is 30.2 Å². The zero-order valence-electron chi connectivity index (χ0n) is 9.89. The second-order valence-electron chi connectivity index (χ2n) is 4.81. The number of sulfone groups is 1. The first-order valence-electron chi connectivity index (χ1n) is 6.10. The van der Waals surface area contributed by atoms with Crippen LogP contribution in [0.4, 0.5) is 0 Å². The van der Waals surface area contributed by atoms with Crippen molar-refractivity contribution in [1.29, 1.82) is 0 Å². The fourth-order valence-electron chi connectivity index (χ4n) is 2.29. The molecule has 0 aromatic heterocycles. The molecule has 0 saturated heterocycles. The van der Waals surface area contributed by atoms with E-state index in [1.54, 1.807) is 12.1 Å². The average molecular weight is 265 g/mol. The van der Waals surface area contributed by atoms with E-state index in [1.165, 1.54) is 18.6 Å². The third-order valence-corrected chi connectivity index (χ3v) is 5.54. The van der Waals surface area contributed by atoms with Gasteiger partial charge in [-0.1, -0.05) is 12.5 Å². The van der Waals surface area contributed by atoms with Crippen LogP contribution in [0, 0.1) is 0 Å². The molecule has 96 valence electrons. The predicted octanol–water partition coefficient (Wildman–Crippen LogP) is 1.66.